The molecule has 0 aliphatic carbocycles. The van der Waals surface area contributed by atoms with Crippen molar-refractivity contribution in [3.8, 4) is 0 Å². The van der Waals surface area contributed by atoms with Gasteiger partial charge in [0.05, 0.1) is 0 Å². The molecule has 0 saturated heterocycles. The van der Waals surface area contributed by atoms with Crippen molar-refractivity contribution in [1.29, 1.82) is 0 Å². The first-order chi connectivity index (χ1) is 22.8. The first kappa shape index (κ1) is 48.2. The van der Waals surface area contributed by atoms with Gasteiger partial charge in [0.25, 0.3) is 0 Å². The van der Waals surface area contributed by atoms with E-state index >= 15 is 0 Å². The number of carbonyl (C=O) groups is 2. The van der Waals surface area contributed by atoms with Gasteiger partial charge in [0.1, 0.15) is 0 Å². The Morgan fingerprint density at radius 2 is 0.957 bits per heavy atom. The van der Waals surface area contributed by atoms with Crippen LogP contribution in [0, 0.1) is 0 Å². The molecule has 0 aliphatic heterocycles. The molecule has 270 valence electrons. The van der Waals surface area contributed by atoms with Crippen LogP contribution in [0.3, 0.4) is 0 Å². The van der Waals surface area contributed by atoms with Gasteiger partial charge in [0.15, 0.2) is 12.4 Å². The Morgan fingerprint density at radius 1 is 0.574 bits per heavy atom. The van der Waals surface area contributed by atoms with E-state index in [4.69, 9.17) is 15.1 Å². The number of hydrogen-bond acceptors (Lipinski definition) is 6. The van der Waals surface area contributed by atoms with E-state index < -0.39 is 0 Å². The zero-order valence-corrected chi connectivity index (χ0v) is 29.4. The van der Waals surface area contributed by atoms with Gasteiger partial charge in [-0.25, -0.2) is 9.78 Å². The summed E-state index contributed by atoms with van der Waals surface area (Å²) in [6.07, 6.45) is 21.9. The van der Waals surface area contributed by atoms with Crippen molar-refractivity contribution in [2.75, 3.05) is 59.1 Å². The SMILES string of the molecule is C=C(CCCCO)O[OH+]CCCCO.C=CCN(CC=C)C(=O)CCCCCCCCC(=O)N(CC=C)CC=C.C=CCNCC=C. The fourth-order valence-corrected chi connectivity index (χ4v) is 3.95. The van der Waals surface area contributed by atoms with Gasteiger partial charge in [0, 0.05) is 78.2 Å². The Bertz CT molecular complexity index is 760. The van der Waals surface area contributed by atoms with Crippen LogP contribution in [0.25, 0.3) is 0 Å². The van der Waals surface area contributed by atoms with E-state index in [1.54, 1.807) is 34.1 Å². The van der Waals surface area contributed by atoms with E-state index in [1.165, 1.54) is 0 Å². The lowest BCUT2D eigenvalue weighted by atomic mass is 10.1. The van der Waals surface area contributed by atoms with E-state index in [0.717, 1.165) is 83.7 Å². The molecule has 0 aliphatic rings. The minimum Gasteiger partial charge on any atom is -0.396 e. The second-order valence-corrected chi connectivity index (χ2v) is 10.7. The van der Waals surface area contributed by atoms with Crippen molar-refractivity contribution < 1.29 is 29.6 Å². The van der Waals surface area contributed by atoms with Crippen molar-refractivity contribution in [1.82, 2.24) is 15.1 Å². The summed E-state index contributed by atoms with van der Waals surface area (Å²) in [4.78, 5) is 36.5. The van der Waals surface area contributed by atoms with Crippen molar-refractivity contribution in [3.05, 3.63) is 88.3 Å². The standard InChI is InChI=1S/C22H36N2O2.C10H20O4.C6H11N/c1-5-17-23(18-6-2)21(25)15-13-11-9-10-12-14-16-22(26)24(19-7-3)20-8-4;1-10(6-2-3-7-11)14-13-9-5-4-8-12;1-3-5-7-6-4-2/h5-8H,1-4,9-20H2;11-12H,1-9H2;3-4,7H,1-2,5-6H2/p+1. The monoisotopic (exact) mass is 663 g/mol. The maximum Gasteiger partial charge on any atom is 0.223 e. The summed E-state index contributed by atoms with van der Waals surface area (Å²) < 4.78 is 0. The molecule has 0 atom stereocenters. The van der Waals surface area contributed by atoms with Gasteiger partial charge in [-0.3, -0.25) is 9.59 Å². The van der Waals surface area contributed by atoms with Gasteiger partial charge in [-0.05, 0) is 32.1 Å². The van der Waals surface area contributed by atoms with Crippen molar-refractivity contribution in [2.45, 2.75) is 83.5 Å². The van der Waals surface area contributed by atoms with Gasteiger partial charge in [0.2, 0.25) is 11.8 Å². The summed E-state index contributed by atoms with van der Waals surface area (Å²) in [5, 5.41) is 20.1. The molecule has 0 unspecified atom stereocenters. The van der Waals surface area contributed by atoms with E-state index in [-0.39, 0.29) is 25.0 Å². The quantitative estimate of drug-likeness (QED) is 0.0199. The predicted molar refractivity (Wildman–Crippen MR) is 199 cm³/mol. The Kier molecular flexibility index (Phi) is 41.8. The molecule has 2 amide bonds. The molecule has 0 aromatic heterocycles. The molecule has 0 aromatic carbocycles. The van der Waals surface area contributed by atoms with Gasteiger partial charge in [-0.1, -0.05) is 68.7 Å². The molecule has 0 heterocycles. The van der Waals surface area contributed by atoms with Crippen LogP contribution in [0.4, 0.5) is 0 Å². The third kappa shape index (κ3) is 37.1. The lowest BCUT2D eigenvalue weighted by Crippen LogP contribution is -2.31. The average Bonchev–Trinajstić information content (AvgIpc) is 3.06. The van der Waals surface area contributed by atoms with Crippen LogP contribution in [0.5, 0.6) is 0 Å². The molecular formula is C38H68N3O6+. The molecule has 9 nitrogen and oxygen atoms in total. The molecular weight excluding hydrogens is 594 g/mol. The van der Waals surface area contributed by atoms with Crippen LogP contribution in [0.1, 0.15) is 83.5 Å². The molecule has 0 saturated carbocycles. The normalized spacial score (nSPS) is 9.74. The van der Waals surface area contributed by atoms with Crippen molar-refractivity contribution in [2.24, 2.45) is 0 Å². The summed E-state index contributed by atoms with van der Waals surface area (Å²) in [7, 11) is 0. The molecule has 0 radical (unpaired) electrons. The number of rotatable bonds is 31. The van der Waals surface area contributed by atoms with Crippen LogP contribution in [0.15, 0.2) is 88.3 Å². The van der Waals surface area contributed by atoms with Gasteiger partial charge in [-0.2, -0.15) is 0 Å². The summed E-state index contributed by atoms with van der Waals surface area (Å²) in [5.74, 6) is 0.974. The van der Waals surface area contributed by atoms with Crippen LogP contribution in [-0.2, 0) is 14.5 Å². The number of carbonyl (C=O) groups excluding carboxylic acids is 2. The molecule has 0 fully saturated rings. The Morgan fingerprint density at radius 3 is 1.34 bits per heavy atom. The highest BCUT2D eigenvalue weighted by atomic mass is 17.2. The second-order valence-electron chi connectivity index (χ2n) is 10.7. The lowest BCUT2D eigenvalue weighted by Gasteiger charge is -2.19. The van der Waals surface area contributed by atoms with Crippen LogP contribution in [0.2, 0.25) is 0 Å². The highest BCUT2D eigenvalue weighted by Crippen LogP contribution is 2.11. The second kappa shape index (κ2) is 40.8. The lowest BCUT2D eigenvalue weighted by molar-refractivity contribution is -0.389. The van der Waals surface area contributed by atoms with Crippen LogP contribution < -0.4 is 5.32 Å². The fraction of sp³-hybridized carbons (Fsp3) is 0.579. The first-order valence-corrected chi connectivity index (χ1v) is 17.0. The number of nitrogens with one attached hydrogen (secondary N) is 1. The number of hydrogen-bond donors (Lipinski definition) is 3. The number of allylic oxidation sites excluding steroid dienone is 1. The number of aliphatic hydroxyl groups is 3. The van der Waals surface area contributed by atoms with Crippen LogP contribution >= 0.6 is 0 Å². The molecule has 0 bridgehead atoms. The topological polar surface area (TPSA) is 115 Å². The summed E-state index contributed by atoms with van der Waals surface area (Å²) in [6.45, 7) is 30.5. The largest absolute Gasteiger partial charge is 0.396 e. The van der Waals surface area contributed by atoms with E-state index in [9.17, 15) is 9.59 Å². The number of amides is 2. The molecule has 0 aromatic rings. The van der Waals surface area contributed by atoms with Crippen molar-refractivity contribution in [3.63, 3.8) is 0 Å². The molecule has 9 heteroatoms. The third-order valence-electron chi connectivity index (χ3n) is 6.43. The minimum absolute atomic E-state index is 0.167. The first-order valence-electron chi connectivity index (χ1n) is 17.0. The van der Waals surface area contributed by atoms with Crippen molar-refractivity contribution >= 4 is 11.8 Å². The summed E-state index contributed by atoms with van der Waals surface area (Å²) in [6, 6.07) is 0. The maximum absolute atomic E-state index is 12.1. The minimum atomic E-state index is 0.167. The van der Waals surface area contributed by atoms with Gasteiger partial charge in [-0.15, -0.1) is 39.5 Å². The number of aliphatic hydroxyl groups excluding tert-OH is 2. The van der Waals surface area contributed by atoms with Gasteiger partial charge < -0.3 is 25.3 Å². The van der Waals surface area contributed by atoms with Gasteiger partial charge >= 0.3 is 0 Å². The Labute approximate surface area is 287 Å². The summed E-state index contributed by atoms with van der Waals surface area (Å²) >= 11 is 0. The zero-order chi connectivity index (χ0) is 35.8. The average molecular weight is 663 g/mol. The third-order valence-corrected chi connectivity index (χ3v) is 6.43. The predicted octanol–water partition coefficient (Wildman–Crippen LogP) is 6.35. The molecule has 47 heavy (non-hydrogen) atoms. The Balaban J connectivity index is -0.000000763. The number of unbranched alkanes of at least 4 members (excludes halogenated alkanes) is 7. The number of nitrogens with zero attached hydrogens (tertiary/aromatic N) is 2. The fourth-order valence-electron chi connectivity index (χ4n) is 3.95. The van der Waals surface area contributed by atoms with E-state index in [0.29, 0.717) is 51.4 Å². The summed E-state index contributed by atoms with van der Waals surface area (Å²) in [5.41, 5.74) is 0. The van der Waals surface area contributed by atoms with E-state index in [1.807, 2.05) is 12.2 Å². The highest BCUT2D eigenvalue weighted by Gasteiger charge is 2.11. The Hall–Kier alpha value is -3.24. The molecule has 0 rings (SSSR count). The highest BCUT2D eigenvalue weighted by molar-refractivity contribution is 5.76. The maximum atomic E-state index is 12.1. The van der Waals surface area contributed by atoms with Crippen LogP contribution in [-0.4, -0.2) is 95.8 Å². The molecule has 4 N–H and O–H groups in total. The molecule has 0 spiro atoms. The smallest absolute Gasteiger partial charge is 0.223 e. The zero-order valence-electron chi connectivity index (χ0n) is 29.4. The van der Waals surface area contributed by atoms with E-state index in [2.05, 4.69) is 56.3 Å².